The molecule has 2 rings (SSSR count). The molecule has 1 amide bonds. The summed E-state index contributed by atoms with van der Waals surface area (Å²) in [6.07, 6.45) is 1.34. The standard InChI is InChI=1S/C15H19N3O4S/c1-10(18-15(19)12-6-13(8-16)22-9-12)11-4-3-5-14(7-11)23(20,21)17-2/h3-7,9-10,17H,8,16H2,1-2H3,(H,18,19). The predicted molar refractivity (Wildman–Crippen MR) is 85.2 cm³/mol. The highest BCUT2D eigenvalue weighted by Crippen LogP contribution is 2.18. The van der Waals surface area contributed by atoms with Crippen LogP contribution in [0, 0.1) is 0 Å². The molecular formula is C15H19N3O4S. The summed E-state index contributed by atoms with van der Waals surface area (Å²) >= 11 is 0. The normalized spacial score (nSPS) is 12.8. The molecule has 0 saturated heterocycles. The number of hydrogen-bond acceptors (Lipinski definition) is 5. The number of sulfonamides is 1. The van der Waals surface area contributed by atoms with Gasteiger partial charge in [0.1, 0.15) is 12.0 Å². The fourth-order valence-electron chi connectivity index (χ4n) is 2.04. The van der Waals surface area contributed by atoms with E-state index in [2.05, 4.69) is 10.0 Å². The number of rotatable bonds is 6. The smallest absolute Gasteiger partial charge is 0.255 e. The van der Waals surface area contributed by atoms with Gasteiger partial charge >= 0.3 is 0 Å². The van der Waals surface area contributed by atoms with Crippen LogP contribution in [-0.2, 0) is 16.6 Å². The van der Waals surface area contributed by atoms with E-state index in [1.165, 1.54) is 25.4 Å². The molecule has 4 N–H and O–H groups in total. The summed E-state index contributed by atoms with van der Waals surface area (Å²) in [6, 6.07) is 7.60. The molecule has 8 heteroatoms. The Bertz CT molecular complexity index is 799. The lowest BCUT2D eigenvalue weighted by Crippen LogP contribution is -2.26. The van der Waals surface area contributed by atoms with Gasteiger partial charge in [-0.1, -0.05) is 12.1 Å². The van der Waals surface area contributed by atoms with Gasteiger partial charge in [-0.05, 0) is 37.7 Å². The van der Waals surface area contributed by atoms with Gasteiger partial charge in [0, 0.05) is 0 Å². The van der Waals surface area contributed by atoms with Gasteiger partial charge < -0.3 is 15.5 Å². The molecule has 0 radical (unpaired) electrons. The Kier molecular flexibility index (Phi) is 5.19. The number of nitrogens with two attached hydrogens (primary N) is 1. The van der Waals surface area contributed by atoms with Crippen LogP contribution in [-0.4, -0.2) is 21.4 Å². The van der Waals surface area contributed by atoms with E-state index < -0.39 is 10.0 Å². The van der Waals surface area contributed by atoms with Gasteiger partial charge in [-0.3, -0.25) is 4.79 Å². The minimum absolute atomic E-state index is 0.146. The number of nitrogens with one attached hydrogen (secondary N) is 2. The Balaban J connectivity index is 2.16. The van der Waals surface area contributed by atoms with Crippen molar-refractivity contribution in [2.75, 3.05) is 7.05 Å². The summed E-state index contributed by atoms with van der Waals surface area (Å²) < 4.78 is 31.1. The third kappa shape index (κ3) is 3.98. The lowest BCUT2D eigenvalue weighted by molar-refractivity contribution is 0.0939. The number of furan rings is 1. The topological polar surface area (TPSA) is 114 Å². The second-order valence-corrected chi connectivity index (χ2v) is 6.87. The van der Waals surface area contributed by atoms with E-state index in [-0.39, 0.29) is 23.4 Å². The molecular weight excluding hydrogens is 318 g/mol. The SMILES string of the molecule is CNS(=O)(=O)c1cccc(C(C)NC(=O)c2coc(CN)c2)c1. The average Bonchev–Trinajstić information content (AvgIpc) is 3.04. The lowest BCUT2D eigenvalue weighted by atomic mass is 10.1. The van der Waals surface area contributed by atoms with Crippen molar-refractivity contribution in [1.82, 2.24) is 10.0 Å². The molecule has 0 saturated carbocycles. The summed E-state index contributed by atoms with van der Waals surface area (Å²) in [7, 11) is -2.18. The highest BCUT2D eigenvalue weighted by Gasteiger charge is 2.16. The molecule has 2 aromatic rings. The Hall–Kier alpha value is -2.16. The molecule has 1 heterocycles. The van der Waals surface area contributed by atoms with Gasteiger partial charge in [0.05, 0.1) is 23.0 Å². The first-order valence-corrected chi connectivity index (χ1v) is 8.47. The molecule has 1 aromatic heterocycles. The van der Waals surface area contributed by atoms with E-state index in [1.807, 2.05) is 0 Å². The zero-order valence-electron chi connectivity index (χ0n) is 12.9. The molecule has 0 aliphatic carbocycles. The maximum Gasteiger partial charge on any atom is 0.255 e. The number of benzene rings is 1. The molecule has 0 bridgehead atoms. The highest BCUT2D eigenvalue weighted by molar-refractivity contribution is 7.89. The average molecular weight is 337 g/mol. The Morgan fingerprint density at radius 1 is 1.35 bits per heavy atom. The van der Waals surface area contributed by atoms with Gasteiger partial charge in [-0.25, -0.2) is 13.1 Å². The first kappa shape index (κ1) is 17.2. The number of amides is 1. The first-order chi connectivity index (χ1) is 10.9. The monoisotopic (exact) mass is 337 g/mol. The van der Waals surface area contributed by atoms with Crippen LogP contribution in [0.5, 0.6) is 0 Å². The van der Waals surface area contributed by atoms with Crippen LogP contribution in [0.3, 0.4) is 0 Å². The van der Waals surface area contributed by atoms with Crippen molar-refractivity contribution in [3.05, 3.63) is 53.5 Å². The van der Waals surface area contributed by atoms with Crippen molar-refractivity contribution in [3.8, 4) is 0 Å². The molecule has 124 valence electrons. The fourth-order valence-corrected chi connectivity index (χ4v) is 2.82. The van der Waals surface area contributed by atoms with Crippen LogP contribution in [0.15, 0.2) is 45.9 Å². The second-order valence-electron chi connectivity index (χ2n) is 4.98. The molecule has 7 nitrogen and oxygen atoms in total. The summed E-state index contributed by atoms with van der Waals surface area (Å²) in [5.74, 6) is 0.202. The minimum Gasteiger partial charge on any atom is -0.467 e. The van der Waals surface area contributed by atoms with E-state index in [4.69, 9.17) is 10.2 Å². The number of carbonyl (C=O) groups is 1. The van der Waals surface area contributed by atoms with Crippen molar-refractivity contribution in [2.24, 2.45) is 5.73 Å². The molecule has 1 atom stereocenters. The van der Waals surface area contributed by atoms with Crippen molar-refractivity contribution in [2.45, 2.75) is 24.4 Å². The van der Waals surface area contributed by atoms with Crippen molar-refractivity contribution < 1.29 is 17.6 Å². The van der Waals surface area contributed by atoms with E-state index >= 15 is 0 Å². The predicted octanol–water partition coefficient (Wildman–Crippen LogP) is 1.14. The molecule has 0 aliphatic rings. The zero-order valence-corrected chi connectivity index (χ0v) is 13.7. The van der Waals surface area contributed by atoms with E-state index in [0.717, 1.165) is 0 Å². The van der Waals surface area contributed by atoms with Crippen LogP contribution in [0.25, 0.3) is 0 Å². The van der Waals surface area contributed by atoms with Crippen LogP contribution in [0.2, 0.25) is 0 Å². The molecule has 1 unspecified atom stereocenters. The van der Waals surface area contributed by atoms with Crippen molar-refractivity contribution in [3.63, 3.8) is 0 Å². The van der Waals surface area contributed by atoms with E-state index in [9.17, 15) is 13.2 Å². The van der Waals surface area contributed by atoms with Gasteiger partial charge in [-0.2, -0.15) is 0 Å². The maximum absolute atomic E-state index is 12.2. The van der Waals surface area contributed by atoms with Gasteiger partial charge in [-0.15, -0.1) is 0 Å². The van der Waals surface area contributed by atoms with E-state index in [0.29, 0.717) is 16.9 Å². The van der Waals surface area contributed by atoms with Crippen LogP contribution in [0.1, 0.15) is 34.6 Å². The van der Waals surface area contributed by atoms with Crippen LogP contribution >= 0.6 is 0 Å². The minimum atomic E-state index is -3.53. The largest absolute Gasteiger partial charge is 0.467 e. The number of carbonyl (C=O) groups excluding carboxylic acids is 1. The zero-order chi connectivity index (χ0) is 17.0. The number of hydrogen-bond donors (Lipinski definition) is 3. The molecule has 23 heavy (non-hydrogen) atoms. The Morgan fingerprint density at radius 3 is 2.70 bits per heavy atom. The lowest BCUT2D eigenvalue weighted by Gasteiger charge is -2.14. The van der Waals surface area contributed by atoms with Gasteiger partial charge in [0.25, 0.3) is 5.91 Å². The summed E-state index contributed by atoms with van der Waals surface area (Å²) in [5.41, 5.74) is 6.49. The highest BCUT2D eigenvalue weighted by atomic mass is 32.2. The summed E-state index contributed by atoms with van der Waals surface area (Å²) in [4.78, 5) is 12.3. The molecule has 0 fully saturated rings. The molecule has 1 aromatic carbocycles. The van der Waals surface area contributed by atoms with Gasteiger partial charge in [0.2, 0.25) is 10.0 Å². The summed E-state index contributed by atoms with van der Waals surface area (Å²) in [5, 5.41) is 2.79. The third-order valence-corrected chi connectivity index (χ3v) is 4.81. The summed E-state index contributed by atoms with van der Waals surface area (Å²) in [6.45, 7) is 1.99. The van der Waals surface area contributed by atoms with Gasteiger partial charge in [0.15, 0.2) is 0 Å². The molecule has 0 spiro atoms. The second kappa shape index (κ2) is 6.95. The third-order valence-electron chi connectivity index (χ3n) is 3.40. The Morgan fingerprint density at radius 2 is 2.09 bits per heavy atom. The first-order valence-electron chi connectivity index (χ1n) is 6.99. The fraction of sp³-hybridized carbons (Fsp3) is 0.267. The maximum atomic E-state index is 12.2. The molecule has 0 aliphatic heterocycles. The quantitative estimate of drug-likeness (QED) is 0.731. The van der Waals surface area contributed by atoms with Crippen molar-refractivity contribution >= 4 is 15.9 Å². The van der Waals surface area contributed by atoms with Crippen molar-refractivity contribution in [1.29, 1.82) is 0 Å². The Labute approximate surface area is 134 Å². The van der Waals surface area contributed by atoms with Crippen LogP contribution in [0.4, 0.5) is 0 Å². The van der Waals surface area contributed by atoms with Crippen LogP contribution < -0.4 is 15.8 Å². The van der Waals surface area contributed by atoms with E-state index in [1.54, 1.807) is 25.1 Å².